The van der Waals surface area contributed by atoms with Crippen molar-refractivity contribution in [1.29, 1.82) is 0 Å². The van der Waals surface area contributed by atoms with Crippen LogP contribution in [0.1, 0.15) is 44.1 Å². The topological polar surface area (TPSA) is 29.4 Å². The second-order valence-electron chi connectivity index (χ2n) is 5.26. The number of isocyanates is 1. The van der Waals surface area contributed by atoms with Crippen molar-refractivity contribution in [1.82, 2.24) is 0 Å². The van der Waals surface area contributed by atoms with E-state index in [1.807, 2.05) is 11.8 Å². The smallest absolute Gasteiger partial charge is 0.211 e. The molecule has 3 heteroatoms. The molecule has 0 atom stereocenters. The molecule has 0 saturated heterocycles. The summed E-state index contributed by atoms with van der Waals surface area (Å²) in [4.78, 5) is 16.1. The van der Waals surface area contributed by atoms with E-state index in [0.29, 0.717) is 0 Å². The molecule has 1 aromatic carbocycles. The molecule has 0 amide bonds. The summed E-state index contributed by atoms with van der Waals surface area (Å²) in [5, 5.41) is 0.767. The Balaban J connectivity index is 1.92. The van der Waals surface area contributed by atoms with Gasteiger partial charge in [0.2, 0.25) is 6.08 Å². The molecule has 3 rings (SSSR count). The van der Waals surface area contributed by atoms with Gasteiger partial charge in [0.15, 0.2) is 0 Å². The van der Waals surface area contributed by atoms with Gasteiger partial charge in [-0.15, -0.1) is 11.8 Å². The van der Waals surface area contributed by atoms with Crippen molar-refractivity contribution >= 4 is 17.8 Å². The zero-order valence-corrected chi connectivity index (χ0v) is 11.2. The molecule has 2 aliphatic carbocycles. The molecular weight excluding hydrogens is 242 g/mol. The van der Waals surface area contributed by atoms with E-state index in [1.165, 1.54) is 29.7 Å². The van der Waals surface area contributed by atoms with Crippen LogP contribution in [-0.2, 0) is 10.3 Å². The molecule has 0 bridgehead atoms. The highest BCUT2D eigenvalue weighted by atomic mass is 32.2. The molecule has 2 aliphatic rings. The number of rotatable bonds is 4. The molecule has 2 saturated carbocycles. The van der Waals surface area contributed by atoms with Crippen LogP contribution in [0.2, 0.25) is 0 Å². The van der Waals surface area contributed by atoms with Crippen molar-refractivity contribution in [3.8, 4) is 0 Å². The maximum absolute atomic E-state index is 10.7. The van der Waals surface area contributed by atoms with Crippen molar-refractivity contribution in [2.45, 2.75) is 54.2 Å². The summed E-state index contributed by atoms with van der Waals surface area (Å²) < 4.78 is 0. The van der Waals surface area contributed by atoms with Crippen LogP contribution in [0.15, 0.2) is 34.2 Å². The minimum atomic E-state index is -0.255. The Morgan fingerprint density at radius 3 is 2.56 bits per heavy atom. The maximum atomic E-state index is 10.7. The summed E-state index contributed by atoms with van der Waals surface area (Å²) in [5.41, 5.74) is 0.992. The van der Waals surface area contributed by atoms with Crippen LogP contribution in [0.3, 0.4) is 0 Å². The quantitative estimate of drug-likeness (QED) is 0.603. The third kappa shape index (κ3) is 2.02. The Kier molecular flexibility index (Phi) is 3.27. The monoisotopic (exact) mass is 259 g/mol. The molecule has 0 aromatic heterocycles. The van der Waals surface area contributed by atoms with Gasteiger partial charge in [0.05, 0.1) is 5.54 Å². The predicted molar refractivity (Wildman–Crippen MR) is 73.6 cm³/mol. The lowest BCUT2D eigenvalue weighted by Crippen LogP contribution is -2.32. The average Bonchev–Trinajstić information content (AvgIpc) is 2.29. The summed E-state index contributed by atoms with van der Waals surface area (Å²) in [6.45, 7) is 0. The van der Waals surface area contributed by atoms with E-state index < -0.39 is 0 Å². The van der Waals surface area contributed by atoms with Crippen LogP contribution in [-0.4, -0.2) is 11.3 Å². The fourth-order valence-corrected chi connectivity index (χ4v) is 4.13. The highest BCUT2D eigenvalue weighted by Gasteiger charge is 2.40. The lowest BCUT2D eigenvalue weighted by atomic mass is 9.72. The summed E-state index contributed by atoms with van der Waals surface area (Å²) in [6, 6.07) is 8.46. The molecule has 2 nitrogen and oxygen atoms in total. The number of benzene rings is 1. The van der Waals surface area contributed by atoms with Crippen LogP contribution in [0.25, 0.3) is 0 Å². The molecule has 0 N–H and O–H groups in total. The van der Waals surface area contributed by atoms with Crippen molar-refractivity contribution in [2.75, 3.05) is 0 Å². The highest BCUT2D eigenvalue weighted by Crippen LogP contribution is 2.49. The molecule has 0 heterocycles. The second kappa shape index (κ2) is 4.91. The van der Waals surface area contributed by atoms with Gasteiger partial charge in [-0.1, -0.05) is 24.6 Å². The van der Waals surface area contributed by atoms with Crippen molar-refractivity contribution < 1.29 is 4.79 Å². The normalized spacial score (nSPS) is 21.6. The third-order valence-electron chi connectivity index (χ3n) is 4.17. The molecule has 94 valence electrons. The summed E-state index contributed by atoms with van der Waals surface area (Å²) in [6.07, 6.45) is 8.93. The molecule has 0 spiro atoms. The number of nitrogens with zero attached hydrogens (tertiary/aromatic N) is 1. The van der Waals surface area contributed by atoms with Crippen molar-refractivity contribution in [2.24, 2.45) is 4.99 Å². The second-order valence-corrected chi connectivity index (χ2v) is 6.60. The molecule has 0 unspecified atom stereocenters. The van der Waals surface area contributed by atoms with Gasteiger partial charge in [-0.3, -0.25) is 0 Å². The van der Waals surface area contributed by atoms with Crippen LogP contribution in [0.5, 0.6) is 0 Å². The van der Waals surface area contributed by atoms with Crippen LogP contribution >= 0.6 is 11.8 Å². The average molecular weight is 259 g/mol. The van der Waals surface area contributed by atoms with Crippen molar-refractivity contribution in [3.63, 3.8) is 0 Å². The number of hydrogen-bond acceptors (Lipinski definition) is 3. The molecule has 0 aliphatic heterocycles. The predicted octanol–water partition coefficient (Wildman–Crippen LogP) is 4.05. The first-order valence-electron chi connectivity index (χ1n) is 6.69. The van der Waals surface area contributed by atoms with Gasteiger partial charge in [-0.2, -0.15) is 4.99 Å². The largest absolute Gasteiger partial charge is 0.235 e. The zero-order valence-electron chi connectivity index (χ0n) is 10.4. The SMILES string of the molecule is O=C=NC1(c2ccccc2SC2CCC2)CCC1. The van der Waals surface area contributed by atoms with Crippen LogP contribution < -0.4 is 0 Å². The van der Waals surface area contributed by atoms with Gasteiger partial charge >= 0.3 is 0 Å². The molecule has 0 radical (unpaired) electrons. The minimum absolute atomic E-state index is 0.255. The van der Waals surface area contributed by atoms with E-state index in [2.05, 4.69) is 29.3 Å². The number of thioether (sulfide) groups is 1. The number of carbonyl (C=O) groups excluding carboxylic acids is 1. The summed E-state index contributed by atoms with van der Waals surface area (Å²) in [7, 11) is 0. The first kappa shape index (κ1) is 12.0. The lowest BCUT2D eigenvalue weighted by molar-refractivity contribution is 0.251. The Morgan fingerprint density at radius 2 is 2.00 bits per heavy atom. The summed E-state index contributed by atoms with van der Waals surface area (Å²) in [5.74, 6) is 0. The zero-order chi connectivity index (χ0) is 12.4. The van der Waals surface area contributed by atoms with Gasteiger partial charge in [-0.05, 0) is 43.7 Å². The van der Waals surface area contributed by atoms with E-state index in [9.17, 15) is 4.79 Å². The lowest BCUT2D eigenvalue weighted by Gasteiger charge is -2.39. The van der Waals surface area contributed by atoms with E-state index >= 15 is 0 Å². The Labute approximate surface area is 112 Å². The number of aliphatic imine (C=N–C) groups is 1. The minimum Gasteiger partial charge on any atom is -0.211 e. The number of hydrogen-bond donors (Lipinski definition) is 0. The van der Waals surface area contributed by atoms with Gasteiger partial charge in [0.25, 0.3) is 0 Å². The fourth-order valence-electron chi connectivity index (χ4n) is 2.66. The highest BCUT2D eigenvalue weighted by molar-refractivity contribution is 8.00. The molecule has 18 heavy (non-hydrogen) atoms. The molecule has 2 fully saturated rings. The van der Waals surface area contributed by atoms with E-state index in [4.69, 9.17) is 0 Å². The Morgan fingerprint density at radius 1 is 1.22 bits per heavy atom. The first-order valence-corrected chi connectivity index (χ1v) is 7.57. The van der Waals surface area contributed by atoms with Gasteiger partial charge in [0, 0.05) is 10.1 Å². The van der Waals surface area contributed by atoms with Crippen molar-refractivity contribution in [3.05, 3.63) is 29.8 Å². The van der Waals surface area contributed by atoms with E-state index in [1.54, 1.807) is 6.08 Å². The van der Waals surface area contributed by atoms with Crippen LogP contribution in [0, 0.1) is 0 Å². The standard InChI is InChI=1S/C15H17NOS/c17-11-16-15(9-4-10-15)13-7-1-2-8-14(13)18-12-5-3-6-12/h1-2,7-8,12H,3-6,9-10H2. The fraction of sp³-hybridized carbons (Fsp3) is 0.533. The molecular formula is C15H17NOS. The first-order chi connectivity index (χ1) is 8.84. The van der Waals surface area contributed by atoms with Crippen LogP contribution in [0.4, 0.5) is 0 Å². The Hall–Kier alpha value is -1.05. The maximum Gasteiger partial charge on any atom is 0.235 e. The third-order valence-corrected chi connectivity index (χ3v) is 5.59. The van der Waals surface area contributed by atoms with Gasteiger partial charge in [-0.25, -0.2) is 4.79 Å². The van der Waals surface area contributed by atoms with Gasteiger partial charge < -0.3 is 0 Å². The summed E-state index contributed by atoms with van der Waals surface area (Å²) >= 11 is 1.97. The van der Waals surface area contributed by atoms with E-state index in [0.717, 1.165) is 24.5 Å². The van der Waals surface area contributed by atoms with E-state index in [-0.39, 0.29) is 5.54 Å². The van der Waals surface area contributed by atoms with Gasteiger partial charge in [0.1, 0.15) is 0 Å². The molecule has 1 aromatic rings. The Bertz CT molecular complexity index is 485.